The highest BCUT2D eigenvalue weighted by Crippen LogP contribution is 2.28. The van der Waals surface area contributed by atoms with E-state index in [9.17, 15) is 9.18 Å². The third-order valence-corrected chi connectivity index (χ3v) is 3.28. The minimum Gasteiger partial charge on any atom is -0.496 e. The fraction of sp³-hybridized carbons (Fsp3) is 0.462. The number of methoxy groups -OCH3 is 1. The van der Waals surface area contributed by atoms with E-state index in [1.807, 2.05) is 6.92 Å². The van der Waals surface area contributed by atoms with E-state index in [1.165, 1.54) is 25.3 Å². The second kappa shape index (κ2) is 4.45. The van der Waals surface area contributed by atoms with Gasteiger partial charge in [0.2, 0.25) is 0 Å². The highest BCUT2D eigenvalue weighted by atomic mass is 19.1. The van der Waals surface area contributed by atoms with E-state index in [-0.39, 0.29) is 5.78 Å². The minimum absolute atomic E-state index is 0.105. The van der Waals surface area contributed by atoms with Crippen LogP contribution in [0.4, 0.5) is 4.39 Å². The van der Waals surface area contributed by atoms with Crippen LogP contribution in [-0.2, 0) is 0 Å². The first-order chi connectivity index (χ1) is 8.07. The molecule has 0 aromatic heterocycles. The van der Waals surface area contributed by atoms with Gasteiger partial charge in [-0.2, -0.15) is 0 Å². The van der Waals surface area contributed by atoms with Gasteiger partial charge in [0.1, 0.15) is 11.6 Å². The van der Waals surface area contributed by atoms with Crippen LogP contribution in [0.2, 0.25) is 0 Å². The van der Waals surface area contributed by atoms with Crippen molar-refractivity contribution in [1.29, 1.82) is 0 Å². The van der Waals surface area contributed by atoms with Crippen molar-refractivity contribution in [3.05, 3.63) is 29.6 Å². The van der Waals surface area contributed by atoms with Crippen LogP contribution in [0.15, 0.2) is 18.2 Å². The third kappa shape index (κ3) is 2.17. The summed E-state index contributed by atoms with van der Waals surface area (Å²) in [6.07, 6.45) is 1.73. The molecule has 1 aromatic rings. The zero-order chi connectivity index (χ0) is 12.5. The number of carbonyl (C=O) groups is 1. The topological polar surface area (TPSA) is 38.3 Å². The molecule has 0 bridgehead atoms. The summed E-state index contributed by atoms with van der Waals surface area (Å²) in [4.78, 5) is 12.4. The monoisotopic (exact) mass is 237 g/mol. The molecule has 1 aliphatic heterocycles. The van der Waals surface area contributed by atoms with E-state index in [1.54, 1.807) is 0 Å². The lowest BCUT2D eigenvalue weighted by molar-refractivity contribution is 0.0880. The van der Waals surface area contributed by atoms with Gasteiger partial charge in [-0.1, -0.05) is 0 Å². The molecule has 1 saturated heterocycles. The molecule has 0 amide bonds. The van der Waals surface area contributed by atoms with Crippen molar-refractivity contribution in [2.45, 2.75) is 25.3 Å². The van der Waals surface area contributed by atoms with Crippen LogP contribution in [0.3, 0.4) is 0 Å². The number of halogens is 1. The Morgan fingerprint density at radius 2 is 2.29 bits per heavy atom. The van der Waals surface area contributed by atoms with Crippen molar-refractivity contribution >= 4 is 5.78 Å². The molecule has 1 atom stereocenters. The Kier molecular flexibility index (Phi) is 3.15. The molecule has 1 unspecified atom stereocenters. The molecule has 1 heterocycles. The molecule has 92 valence electrons. The van der Waals surface area contributed by atoms with Gasteiger partial charge in [-0.3, -0.25) is 4.79 Å². The Bertz CT molecular complexity index is 439. The maximum absolute atomic E-state index is 13.2. The van der Waals surface area contributed by atoms with E-state index >= 15 is 0 Å². The molecule has 0 aliphatic carbocycles. The average Bonchev–Trinajstić information content (AvgIpc) is 2.76. The fourth-order valence-electron chi connectivity index (χ4n) is 2.24. The fourth-order valence-corrected chi connectivity index (χ4v) is 2.24. The van der Waals surface area contributed by atoms with Crippen LogP contribution < -0.4 is 10.1 Å². The molecular weight excluding hydrogens is 221 g/mol. The van der Waals surface area contributed by atoms with Crippen LogP contribution in [0.1, 0.15) is 30.1 Å². The summed E-state index contributed by atoms with van der Waals surface area (Å²) in [5.41, 5.74) is -0.287. The number of hydrogen-bond acceptors (Lipinski definition) is 3. The Balaban J connectivity index is 2.39. The van der Waals surface area contributed by atoms with Crippen LogP contribution in [0, 0.1) is 5.82 Å². The maximum Gasteiger partial charge on any atom is 0.186 e. The number of ether oxygens (including phenoxy) is 1. The molecule has 3 nitrogen and oxygen atoms in total. The van der Waals surface area contributed by atoms with Gasteiger partial charge in [0.05, 0.1) is 18.2 Å². The Hall–Kier alpha value is -1.42. The SMILES string of the molecule is COc1ccc(F)cc1C(=O)C1(C)CCCN1. The quantitative estimate of drug-likeness (QED) is 0.819. The first-order valence-corrected chi connectivity index (χ1v) is 5.70. The highest BCUT2D eigenvalue weighted by Gasteiger charge is 2.37. The van der Waals surface area contributed by atoms with Crippen molar-refractivity contribution < 1.29 is 13.9 Å². The molecule has 17 heavy (non-hydrogen) atoms. The zero-order valence-electron chi connectivity index (χ0n) is 10.0. The van der Waals surface area contributed by atoms with E-state index in [4.69, 9.17) is 4.74 Å². The molecule has 0 saturated carbocycles. The number of Topliss-reactive ketones (excluding diaryl/α,β-unsaturated/α-hetero) is 1. The number of ketones is 1. The van der Waals surface area contributed by atoms with Gasteiger partial charge in [-0.15, -0.1) is 0 Å². The normalized spacial score (nSPS) is 23.7. The standard InChI is InChI=1S/C13H16FNO2/c1-13(6-3-7-15-13)12(16)10-8-9(14)4-5-11(10)17-2/h4-5,8,15H,3,6-7H2,1-2H3. The Morgan fingerprint density at radius 1 is 1.53 bits per heavy atom. The lowest BCUT2D eigenvalue weighted by Crippen LogP contribution is -2.44. The smallest absolute Gasteiger partial charge is 0.186 e. The molecule has 2 rings (SSSR count). The van der Waals surface area contributed by atoms with Crippen molar-refractivity contribution in [1.82, 2.24) is 5.32 Å². The number of hydrogen-bond donors (Lipinski definition) is 1. The number of nitrogens with one attached hydrogen (secondary N) is 1. The molecule has 1 N–H and O–H groups in total. The predicted molar refractivity (Wildman–Crippen MR) is 62.9 cm³/mol. The van der Waals surface area contributed by atoms with E-state index in [0.29, 0.717) is 11.3 Å². The lowest BCUT2D eigenvalue weighted by Gasteiger charge is -2.23. The second-order valence-corrected chi connectivity index (χ2v) is 4.54. The summed E-state index contributed by atoms with van der Waals surface area (Å²) in [7, 11) is 1.48. The van der Waals surface area contributed by atoms with Crippen molar-refractivity contribution in [3.8, 4) is 5.75 Å². The van der Waals surface area contributed by atoms with Gasteiger partial charge in [0.15, 0.2) is 5.78 Å². The maximum atomic E-state index is 13.2. The molecule has 0 spiro atoms. The van der Waals surface area contributed by atoms with Crippen LogP contribution in [-0.4, -0.2) is 25.0 Å². The van der Waals surface area contributed by atoms with Gasteiger partial charge >= 0.3 is 0 Å². The third-order valence-electron chi connectivity index (χ3n) is 3.28. The average molecular weight is 237 g/mol. The Morgan fingerprint density at radius 3 is 2.88 bits per heavy atom. The summed E-state index contributed by atoms with van der Waals surface area (Å²) in [6, 6.07) is 4.02. The van der Waals surface area contributed by atoms with Gasteiger partial charge in [0, 0.05) is 0 Å². The van der Waals surface area contributed by atoms with Crippen molar-refractivity contribution in [2.24, 2.45) is 0 Å². The number of rotatable bonds is 3. The first kappa shape index (κ1) is 12.0. The Labute approximate surface area is 100.0 Å². The molecule has 1 aliphatic rings. The second-order valence-electron chi connectivity index (χ2n) is 4.54. The summed E-state index contributed by atoms with van der Waals surface area (Å²) in [6.45, 7) is 2.67. The summed E-state index contributed by atoms with van der Waals surface area (Å²) < 4.78 is 18.3. The van der Waals surface area contributed by atoms with Crippen molar-refractivity contribution in [3.63, 3.8) is 0 Å². The van der Waals surface area contributed by atoms with Gasteiger partial charge < -0.3 is 10.1 Å². The predicted octanol–water partition coefficient (Wildman–Crippen LogP) is 2.16. The molecule has 0 radical (unpaired) electrons. The van der Waals surface area contributed by atoms with Crippen LogP contribution in [0.5, 0.6) is 5.75 Å². The van der Waals surface area contributed by atoms with E-state index in [2.05, 4.69) is 5.32 Å². The molecule has 1 fully saturated rings. The molecule has 4 heteroatoms. The molecular formula is C13H16FNO2. The highest BCUT2D eigenvalue weighted by molar-refractivity contribution is 6.05. The van der Waals surface area contributed by atoms with Crippen LogP contribution >= 0.6 is 0 Å². The largest absolute Gasteiger partial charge is 0.496 e. The van der Waals surface area contributed by atoms with Gasteiger partial charge in [-0.25, -0.2) is 4.39 Å². The van der Waals surface area contributed by atoms with Gasteiger partial charge in [-0.05, 0) is 44.5 Å². The summed E-state index contributed by atoms with van der Waals surface area (Å²) in [5, 5.41) is 3.17. The number of benzene rings is 1. The van der Waals surface area contributed by atoms with E-state index in [0.717, 1.165) is 19.4 Å². The summed E-state index contributed by atoms with van der Waals surface area (Å²) >= 11 is 0. The number of carbonyl (C=O) groups excluding carboxylic acids is 1. The summed E-state index contributed by atoms with van der Waals surface area (Å²) in [5.74, 6) is -0.103. The van der Waals surface area contributed by atoms with Crippen molar-refractivity contribution in [2.75, 3.05) is 13.7 Å². The zero-order valence-corrected chi connectivity index (χ0v) is 10.0. The van der Waals surface area contributed by atoms with Crippen LogP contribution in [0.25, 0.3) is 0 Å². The van der Waals surface area contributed by atoms with E-state index < -0.39 is 11.4 Å². The molecule has 1 aromatic carbocycles. The van der Waals surface area contributed by atoms with Gasteiger partial charge in [0.25, 0.3) is 0 Å². The minimum atomic E-state index is -0.596. The lowest BCUT2D eigenvalue weighted by atomic mass is 9.89. The first-order valence-electron chi connectivity index (χ1n) is 5.70.